The van der Waals surface area contributed by atoms with Crippen LogP contribution < -0.4 is 5.32 Å². The fourth-order valence-electron chi connectivity index (χ4n) is 2.29. The highest BCUT2D eigenvalue weighted by molar-refractivity contribution is 7.99. The van der Waals surface area contributed by atoms with E-state index in [1.165, 1.54) is 11.8 Å². The lowest BCUT2D eigenvalue weighted by molar-refractivity contribution is -0.113. The second kappa shape index (κ2) is 7.19. The number of nitrogens with one attached hydrogen (secondary N) is 1. The summed E-state index contributed by atoms with van der Waals surface area (Å²) in [5, 5.41) is 8.42. The molecule has 0 radical (unpaired) electrons. The number of nitrogens with zero attached hydrogens (tertiary/aromatic N) is 4. The first-order chi connectivity index (χ1) is 11.8. The normalized spacial score (nSPS) is 11.1. The first kappa shape index (κ1) is 18.0. The molecule has 0 aliphatic carbocycles. The summed E-state index contributed by atoms with van der Waals surface area (Å²) in [6.07, 6.45) is 0. The lowest BCUT2D eigenvalue weighted by Crippen LogP contribution is -2.15. The first-order valence-electron chi connectivity index (χ1n) is 7.43. The lowest BCUT2D eigenvalue weighted by atomic mass is 10.2. The molecule has 0 spiro atoms. The Hall–Kier alpha value is -1.83. The van der Waals surface area contributed by atoms with E-state index in [2.05, 4.69) is 20.4 Å². The van der Waals surface area contributed by atoms with Gasteiger partial charge in [0.1, 0.15) is 0 Å². The number of hydrogen-bond acceptors (Lipinski definition) is 5. The third-order valence-electron chi connectivity index (χ3n) is 3.48. The molecular formula is C16H15Cl2N5OS. The van der Waals surface area contributed by atoms with Crippen LogP contribution in [-0.2, 0) is 4.79 Å². The number of amides is 1. The molecule has 0 fully saturated rings. The summed E-state index contributed by atoms with van der Waals surface area (Å²) >= 11 is 13.5. The van der Waals surface area contributed by atoms with Gasteiger partial charge >= 0.3 is 0 Å². The quantitative estimate of drug-likeness (QED) is 0.673. The maximum atomic E-state index is 12.2. The van der Waals surface area contributed by atoms with Crippen LogP contribution in [0.2, 0.25) is 10.0 Å². The van der Waals surface area contributed by atoms with Gasteiger partial charge in [-0.1, -0.05) is 41.0 Å². The highest BCUT2D eigenvalue weighted by atomic mass is 35.5. The van der Waals surface area contributed by atoms with Crippen molar-refractivity contribution in [2.45, 2.75) is 25.9 Å². The first-order valence-corrected chi connectivity index (χ1v) is 9.17. The molecule has 0 saturated carbocycles. The Morgan fingerprint density at radius 3 is 2.76 bits per heavy atom. The van der Waals surface area contributed by atoms with Gasteiger partial charge in [-0.25, -0.2) is 9.50 Å². The summed E-state index contributed by atoms with van der Waals surface area (Å²) in [6.45, 7) is 5.68. The van der Waals surface area contributed by atoms with E-state index >= 15 is 0 Å². The van der Waals surface area contributed by atoms with E-state index in [1.54, 1.807) is 16.6 Å². The van der Waals surface area contributed by atoms with Crippen molar-refractivity contribution in [3.8, 4) is 0 Å². The predicted molar refractivity (Wildman–Crippen MR) is 101 cm³/mol. The summed E-state index contributed by atoms with van der Waals surface area (Å²) in [7, 11) is 0. The molecule has 0 atom stereocenters. The van der Waals surface area contributed by atoms with E-state index in [0.29, 0.717) is 26.7 Å². The van der Waals surface area contributed by atoms with Gasteiger partial charge in [0.2, 0.25) is 11.1 Å². The van der Waals surface area contributed by atoms with Crippen LogP contribution in [0.3, 0.4) is 0 Å². The summed E-state index contributed by atoms with van der Waals surface area (Å²) in [4.78, 5) is 20.9. The molecule has 0 aliphatic heterocycles. The van der Waals surface area contributed by atoms with Crippen LogP contribution in [0.4, 0.5) is 5.69 Å². The standard InChI is InChI=1S/C16H15Cl2N5OS/c1-8-4-5-11(17)14(13(8)18)20-12(24)7-25-16-21-15-19-9(2)6-10(3)23(15)22-16/h4-6H,7H2,1-3H3,(H,20,24). The molecule has 9 heteroatoms. The van der Waals surface area contributed by atoms with Gasteiger partial charge in [0.25, 0.3) is 5.78 Å². The topological polar surface area (TPSA) is 72.2 Å². The van der Waals surface area contributed by atoms with E-state index in [1.807, 2.05) is 26.8 Å². The molecule has 2 heterocycles. The Kier molecular flexibility index (Phi) is 5.17. The zero-order chi connectivity index (χ0) is 18.1. The molecule has 3 aromatic rings. The van der Waals surface area contributed by atoms with Gasteiger partial charge < -0.3 is 5.32 Å². The molecular weight excluding hydrogens is 381 g/mol. The zero-order valence-electron chi connectivity index (χ0n) is 13.8. The Morgan fingerprint density at radius 1 is 1.24 bits per heavy atom. The molecule has 1 aromatic carbocycles. The number of thioether (sulfide) groups is 1. The Bertz CT molecular complexity index is 973. The fraction of sp³-hybridized carbons (Fsp3) is 0.250. The molecule has 1 amide bonds. The molecule has 0 aliphatic rings. The number of halogens is 2. The highest BCUT2D eigenvalue weighted by Gasteiger charge is 2.14. The number of benzene rings is 1. The van der Waals surface area contributed by atoms with Crippen molar-refractivity contribution >= 4 is 52.3 Å². The highest BCUT2D eigenvalue weighted by Crippen LogP contribution is 2.33. The summed E-state index contributed by atoms with van der Waals surface area (Å²) in [6, 6.07) is 5.42. The number of aromatic nitrogens is 4. The third kappa shape index (κ3) is 3.89. The van der Waals surface area contributed by atoms with E-state index in [0.717, 1.165) is 17.0 Å². The minimum absolute atomic E-state index is 0.134. The minimum atomic E-state index is -0.237. The maximum Gasteiger partial charge on any atom is 0.253 e. The molecule has 6 nitrogen and oxygen atoms in total. The predicted octanol–water partition coefficient (Wildman–Crippen LogP) is 4.09. The molecule has 2 aromatic heterocycles. The number of rotatable bonds is 4. The summed E-state index contributed by atoms with van der Waals surface area (Å²) < 4.78 is 1.65. The van der Waals surface area contributed by atoms with Gasteiger partial charge in [0.15, 0.2) is 0 Å². The van der Waals surface area contributed by atoms with Crippen molar-refractivity contribution < 1.29 is 4.79 Å². The van der Waals surface area contributed by atoms with Gasteiger partial charge in [-0.05, 0) is 38.5 Å². The van der Waals surface area contributed by atoms with Crippen LogP contribution in [0.1, 0.15) is 17.0 Å². The van der Waals surface area contributed by atoms with Crippen molar-refractivity contribution in [2.24, 2.45) is 0 Å². The third-order valence-corrected chi connectivity index (χ3v) is 5.12. The van der Waals surface area contributed by atoms with Gasteiger partial charge in [-0.2, -0.15) is 4.98 Å². The smallest absolute Gasteiger partial charge is 0.253 e. The van der Waals surface area contributed by atoms with E-state index in [-0.39, 0.29) is 11.7 Å². The van der Waals surface area contributed by atoms with Gasteiger partial charge in [0.05, 0.1) is 21.5 Å². The Balaban J connectivity index is 1.71. The van der Waals surface area contributed by atoms with Crippen LogP contribution in [-0.4, -0.2) is 31.2 Å². The molecule has 0 saturated heterocycles. The monoisotopic (exact) mass is 395 g/mol. The minimum Gasteiger partial charge on any atom is -0.323 e. The average molecular weight is 396 g/mol. The van der Waals surface area contributed by atoms with E-state index in [4.69, 9.17) is 23.2 Å². The van der Waals surface area contributed by atoms with Crippen LogP contribution in [0.25, 0.3) is 5.78 Å². The number of aryl methyl sites for hydroxylation is 3. The average Bonchev–Trinajstić information content (AvgIpc) is 2.96. The van der Waals surface area contributed by atoms with Crippen LogP contribution in [0, 0.1) is 20.8 Å². The van der Waals surface area contributed by atoms with Crippen molar-refractivity contribution in [2.75, 3.05) is 11.1 Å². The van der Waals surface area contributed by atoms with Gasteiger partial charge in [-0.15, -0.1) is 5.10 Å². The van der Waals surface area contributed by atoms with Gasteiger partial charge in [-0.3, -0.25) is 4.79 Å². The Labute approximate surface area is 158 Å². The van der Waals surface area contributed by atoms with Crippen molar-refractivity contribution in [1.82, 2.24) is 19.6 Å². The van der Waals surface area contributed by atoms with Crippen LogP contribution in [0.15, 0.2) is 23.4 Å². The number of carbonyl (C=O) groups excluding carboxylic acids is 1. The molecule has 25 heavy (non-hydrogen) atoms. The number of hydrogen-bond donors (Lipinski definition) is 1. The maximum absolute atomic E-state index is 12.2. The zero-order valence-corrected chi connectivity index (χ0v) is 16.1. The lowest BCUT2D eigenvalue weighted by Gasteiger charge is -2.10. The fourth-order valence-corrected chi connectivity index (χ4v) is 3.37. The Morgan fingerprint density at radius 2 is 2.00 bits per heavy atom. The number of carbonyl (C=O) groups is 1. The molecule has 3 rings (SSSR count). The second-order valence-corrected chi connectivity index (χ2v) is 7.26. The van der Waals surface area contributed by atoms with Crippen molar-refractivity contribution in [3.05, 3.63) is 45.2 Å². The molecule has 1 N–H and O–H groups in total. The van der Waals surface area contributed by atoms with E-state index < -0.39 is 0 Å². The van der Waals surface area contributed by atoms with Crippen molar-refractivity contribution in [3.63, 3.8) is 0 Å². The SMILES string of the molecule is Cc1cc(C)n2nc(SCC(=O)Nc3c(Cl)ccc(C)c3Cl)nc2n1. The second-order valence-electron chi connectivity index (χ2n) is 5.54. The molecule has 0 unspecified atom stereocenters. The largest absolute Gasteiger partial charge is 0.323 e. The van der Waals surface area contributed by atoms with Crippen LogP contribution >= 0.6 is 35.0 Å². The number of fused-ring (bicyclic) bond motifs is 1. The summed E-state index contributed by atoms with van der Waals surface area (Å²) in [5.41, 5.74) is 3.07. The summed E-state index contributed by atoms with van der Waals surface area (Å²) in [5.74, 6) is 0.416. The molecule has 130 valence electrons. The van der Waals surface area contributed by atoms with E-state index in [9.17, 15) is 4.79 Å². The van der Waals surface area contributed by atoms with Crippen molar-refractivity contribution in [1.29, 1.82) is 0 Å². The molecule has 0 bridgehead atoms. The van der Waals surface area contributed by atoms with Gasteiger partial charge in [0, 0.05) is 11.4 Å². The van der Waals surface area contributed by atoms with Crippen LogP contribution in [0.5, 0.6) is 0 Å². The number of anilines is 1.